The highest BCUT2D eigenvalue weighted by Crippen LogP contribution is 2.09. The molecule has 2 amide bonds. The Kier molecular flexibility index (Phi) is 3.34. The molecule has 0 radical (unpaired) electrons. The zero-order valence-electron chi connectivity index (χ0n) is 7.76. The minimum atomic E-state index is 0.0370. The van der Waals surface area contributed by atoms with E-state index in [1.807, 2.05) is 11.9 Å². The number of carbonyl (C=O) groups excluding carboxylic acids is 1. The highest BCUT2D eigenvalue weighted by molar-refractivity contribution is 5.73. The molecule has 12 heavy (non-hydrogen) atoms. The molecular formula is C8H17N3O. The van der Waals surface area contributed by atoms with Gasteiger partial charge in [0.15, 0.2) is 0 Å². The van der Waals surface area contributed by atoms with E-state index in [0.717, 1.165) is 19.5 Å². The molecule has 0 aliphatic carbocycles. The first-order valence-electron chi connectivity index (χ1n) is 4.42. The maximum Gasteiger partial charge on any atom is 0.317 e. The van der Waals surface area contributed by atoms with Gasteiger partial charge in [-0.2, -0.15) is 0 Å². The number of nitrogens with one attached hydrogen (secondary N) is 2. The molecule has 0 spiro atoms. The summed E-state index contributed by atoms with van der Waals surface area (Å²) in [6, 6.07) is 0.506. The van der Waals surface area contributed by atoms with Crippen LogP contribution in [0.25, 0.3) is 0 Å². The van der Waals surface area contributed by atoms with E-state index in [9.17, 15) is 4.79 Å². The highest BCUT2D eigenvalue weighted by atomic mass is 16.2. The predicted octanol–water partition coefficient (Wildman–Crippen LogP) is 0.00960. The molecule has 2 N–H and O–H groups in total. The number of urea groups is 1. The van der Waals surface area contributed by atoms with E-state index in [1.54, 1.807) is 7.05 Å². The normalized spacial score (nSPS) is 23.8. The Hall–Kier alpha value is -0.770. The van der Waals surface area contributed by atoms with Crippen molar-refractivity contribution in [2.75, 3.05) is 27.2 Å². The second-order valence-electron chi connectivity index (χ2n) is 3.13. The van der Waals surface area contributed by atoms with E-state index >= 15 is 0 Å². The van der Waals surface area contributed by atoms with E-state index in [4.69, 9.17) is 0 Å². The third kappa shape index (κ3) is 2.11. The fourth-order valence-electron chi connectivity index (χ4n) is 1.56. The summed E-state index contributed by atoms with van der Waals surface area (Å²) in [7, 11) is 3.61. The van der Waals surface area contributed by atoms with E-state index in [2.05, 4.69) is 10.6 Å². The van der Waals surface area contributed by atoms with Crippen LogP contribution in [0.1, 0.15) is 12.8 Å². The summed E-state index contributed by atoms with van der Waals surface area (Å²) in [6.07, 6.45) is 2.27. The van der Waals surface area contributed by atoms with Crippen molar-refractivity contribution in [2.24, 2.45) is 0 Å². The van der Waals surface area contributed by atoms with Crippen LogP contribution in [0.2, 0.25) is 0 Å². The van der Waals surface area contributed by atoms with Crippen molar-refractivity contribution in [1.29, 1.82) is 0 Å². The quantitative estimate of drug-likeness (QED) is 0.583. The minimum absolute atomic E-state index is 0.0370. The van der Waals surface area contributed by atoms with Crippen molar-refractivity contribution in [3.05, 3.63) is 0 Å². The molecule has 1 heterocycles. The number of rotatable bonds is 1. The van der Waals surface area contributed by atoms with Crippen molar-refractivity contribution in [3.63, 3.8) is 0 Å². The fourth-order valence-corrected chi connectivity index (χ4v) is 1.56. The SMILES string of the molecule is CNC(=O)N1CCC[C@H](NC)C1. The lowest BCUT2D eigenvalue weighted by molar-refractivity contribution is 0.177. The van der Waals surface area contributed by atoms with Crippen LogP contribution in [-0.2, 0) is 0 Å². The molecule has 1 atom stereocenters. The lowest BCUT2D eigenvalue weighted by Crippen LogP contribution is -2.49. The lowest BCUT2D eigenvalue weighted by Gasteiger charge is -2.32. The molecule has 1 fully saturated rings. The predicted molar refractivity (Wildman–Crippen MR) is 48.1 cm³/mol. The summed E-state index contributed by atoms with van der Waals surface area (Å²) in [6.45, 7) is 1.72. The molecule has 4 nitrogen and oxygen atoms in total. The number of likely N-dealkylation sites (tertiary alicyclic amines) is 1. The molecule has 0 aromatic carbocycles. The van der Waals surface area contributed by atoms with Gasteiger partial charge in [-0.05, 0) is 19.9 Å². The molecule has 1 rings (SSSR count). The Balaban J connectivity index is 2.40. The topological polar surface area (TPSA) is 44.4 Å². The maximum absolute atomic E-state index is 11.2. The smallest absolute Gasteiger partial charge is 0.317 e. The van der Waals surface area contributed by atoms with Crippen LogP contribution in [-0.4, -0.2) is 44.2 Å². The van der Waals surface area contributed by atoms with Gasteiger partial charge in [-0.15, -0.1) is 0 Å². The summed E-state index contributed by atoms with van der Waals surface area (Å²) in [4.78, 5) is 13.1. The summed E-state index contributed by atoms with van der Waals surface area (Å²) < 4.78 is 0. The van der Waals surface area contributed by atoms with Crippen molar-refractivity contribution in [2.45, 2.75) is 18.9 Å². The molecular weight excluding hydrogens is 154 g/mol. The number of amides is 2. The van der Waals surface area contributed by atoms with E-state index in [1.165, 1.54) is 6.42 Å². The molecule has 0 unspecified atom stereocenters. The maximum atomic E-state index is 11.2. The molecule has 1 saturated heterocycles. The fraction of sp³-hybridized carbons (Fsp3) is 0.875. The summed E-state index contributed by atoms with van der Waals surface area (Å²) >= 11 is 0. The third-order valence-corrected chi connectivity index (χ3v) is 2.33. The number of nitrogens with zero attached hydrogens (tertiary/aromatic N) is 1. The van der Waals surface area contributed by atoms with Gasteiger partial charge in [0, 0.05) is 26.2 Å². The molecule has 0 saturated carbocycles. The van der Waals surface area contributed by atoms with Crippen LogP contribution in [0.3, 0.4) is 0 Å². The van der Waals surface area contributed by atoms with Crippen molar-refractivity contribution >= 4 is 6.03 Å². The lowest BCUT2D eigenvalue weighted by atomic mass is 10.1. The first-order chi connectivity index (χ1) is 5.77. The Labute approximate surface area is 73.3 Å². The molecule has 1 aliphatic rings. The Morgan fingerprint density at radius 3 is 2.83 bits per heavy atom. The Bertz CT molecular complexity index is 160. The van der Waals surface area contributed by atoms with Crippen molar-refractivity contribution in [3.8, 4) is 0 Å². The van der Waals surface area contributed by atoms with E-state index < -0.39 is 0 Å². The van der Waals surface area contributed by atoms with Gasteiger partial charge in [0.05, 0.1) is 0 Å². The first-order valence-corrected chi connectivity index (χ1v) is 4.42. The van der Waals surface area contributed by atoms with Gasteiger partial charge in [-0.1, -0.05) is 0 Å². The van der Waals surface area contributed by atoms with Gasteiger partial charge in [0.2, 0.25) is 0 Å². The monoisotopic (exact) mass is 171 g/mol. The molecule has 0 aromatic rings. The average molecular weight is 171 g/mol. The Morgan fingerprint density at radius 1 is 1.50 bits per heavy atom. The van der Waals surface area contributed by atoms with E-state index in [0.29, 0.717) is 6.04 Å². The second-order valence-corrected chi connectivity index (χ2v) is 3.13. The second kappa shape index (κ2) is 4.30. The number of hydrogen-bond donors (Lipinski definition) is 2. The third-order valence-electron chi connectivity index (χ3n) is 2.33. The number of hydrogen-bond acceptors (Lipinski definition) is 2. The van der Waals surface area contributed by atoms with Gasteiger partial charge >= 0.3 is 6.03 Å². The van der Waals surface area contributed by atoms with Gasteiger partial charge in [0.1, 0.15) is 0 Å². The summed E-state index contributed by atoms with van der Waals surface area (Å²) in [5.41, 5.74) is 0. The van der Waals surface area contributed by atoms with Crippen LogP contribution in [0.4, 0.5) is 4.79 Å². The molecule has 70 valence electrons. The van der Waals surface area contributed by atoms with Crippen molar-refractivity contribution in [1.82, 2.24) is 15.5 Å². The molecule has 1 aliphatic heterocycles. The average Bonchev–Trinajstić information content (AvgIpc) is 2.17. The Morgan fingerprint density at radius 2 is 2.25 bits per heavy atom. The van der Waals surface area contributed by atoms with Crippen LogP contribution in [0, 0.1) is 0 Å². The number of likely N-dealkylation sites (N-methyl/N-ethyl adjacent to an activating group) is 1. The van der Waals surface area contributed by atoms with Gasteiger partial charge in [0.25, 0.3) is 0 Å². The minimum Gasteiger partial charge on any atom is -0.341 e. The largest absolute Gasteiger partial charge is 0.341 e. The van der Waals surface area contributed by atoms with Crippen LogP contribution in [0.15, 0.2) is 0 Å². The number of piperidine rings is 1. The zero-order chi connectivity index (χ0) is 8.97. The summed E-state index contributed by atoms with van der Waals surface area (Å²) in [5.74, 6) is 0. The first kappa shape index (κ1) is 9.32. The van der Waals surface area contributed by atoms with E-state index in [-0.39, 0.29) is 6.03 Å². The van der Waals surface area contributed by atoms with Crippen molar-refractivity contribution < 1.29 is 4.79 Å². The molecule has 0 bridgehead atoms. The summed E-state index contributed by atoms with van der Waals surface area (Å²) in [5, 5.41) is 5.83. The van der Waals surface area contributed by atoms with Gasteiger partial charge in [-0.3, -0.25) is 0 Å². The van der Waals surface area contributed by atoms with Gasteiger partial charge < -0.3 is 15.5 Å². The highest BCUT2D eigenvalue weighted by Gasteiger charge is 2.21. The van der Waals surface area contributed by atoms with Crippen LogP contribution >= 0.6 is 0 Å². The number of carbonyl (C=O) groups is 1. The molecule has 4 heteroatoms. The molecule has 0 aromatic heterocycles. The standard InChI is InChI=1S/C8H17N3O/c1-9-7-4-3-5-11(6-7)8(12)10-2/h7,9H,3-6H2,1-2H3,(H,10,12)/t7-/m0/s1. The zero-order valence-corrected chi connectivity index (χ0v) is 7.76. The van der Waals surface area contributed by atoms with Crippen LogP contribution < -0.4 is 10.6 Å². The van der Waals surface area contributed by atoms with Crippen LogP contribution in [0.5, 0.6) is 0 Å². The van der Waals surface area contributed by atoms with Gasteiger partial charge in [-0.25, -0.2) is 4.79 Å².